The van der Waals surface area contributed by atoms with Crippen LogP contribution in [0.15, 0.2) is 36.4 Å². The lowest BCUT2D eigenvalue weighted by Gasteiger charge is -2.13. The summed E-state index contributed by atoms with van der Waals surface area (Å²) >= 11 is 12.0. The highest BCUT2D eigenvalue weighted by Crippen LogP contribution is 2.26. The molecule has 0 aliphatic rings. The number of aliphatic hydroxyl groups excluding tert-OH is 1. The lowest BCUT2D eigenvalue weighted by molar-refractivity contribution is 0.286. The maximum atomic E-state index is 13.7. The number of aliphatic hydroxyl groups is 1. The van der Waals surface area contributed by atoms with Gasteiger partial charge in [0.25, 0.3) is 0 Å². The van der Waals surface area contributed by atoms with Crippen LogP contribution in [-0.2, 0) is 13.2 Å². The average molecular weight is 344 g/mol. The van der Waals surface area contributed by atoms with Gasteiger partial charge in [-0.1, -0.05) is 29.3 Å². The molecule has 0 aliphatic carbocycles. The van der Waals surface area contributed by atoms with Crippen LogP contribution in [0.25, 0.3) is 0 Å². The van der Waals surface area contributed by atoms with Crippen LogP contribution in [0.3, 0.4) is 0 Å². The lowest BCUT2D eigenvalue weighted by atomic mass is 10.2. The standard InChI is InChI=1S/C16H16Cl2FNO2/c17-12-4-5-16(11(8-12)9-20-6-7-21)22-10-13-14(18)2-1-3-15(13)19/h1-5,8,20-21H,6-7,9-10H2. The minimum Gasteiger partial charge on any atom is -0.488 e. The predicted octanol–water partition coefficient (Wildman–Crippen LogP) is 3.79. The molecule has 0 spiro atoms. The minimum atomic E-state index is -0.401. The predicted molar refractivity (Wildman–Crippen MR) is 86.0 cm³/mol. The Bertz CT molecular complexity index is 617. The molecule has 0 saturated heterocycles. The normalized spacial score (nSPS) is 10.7. The number of nitrogens with one attached hydrogen (secondary N) is 1. The van der Waals surface area contributed by atoms with E-state index in [-0.39, 0.29) is 13.2 Å². The van der Waals surface area contributed by atoms with Gasteiger partial charge < -0.3 is 15.2 Å². The van der Waals surface area contributed by atoms with E-state index in [1.807, 2.05) is 0 Å². The van der Waals surface area contributed by atoms with Crippen LogP contribution >= 0.6 is 23.2 Å². The summed E-state index contributed by atoms with van der Waals surface area (Å²) in [6.07, 6.45) is 0. The highest BCUT2D eigenvalue weighted by molar-refractivity contribution is 6.31. The molecule has 2 rings (SSSR count). The molecule has 0 atom stereocenters. The molecule has 0 aromatic heterocycles. The number of hydrogen-bond donors (Lipinski definition) is 2. The van der Waals surface area contributed by atoms with Gasteiger partial charge in [-0.3, -0.25) is 0 Å². The van der Waals surface area contributed by atoms with Crippen molar-refractivity contribution in [3.8, 4) is 5.75 Å². The van der Waals surface area contributed by atoms with Crippen LogP contribution in [-0.4, -0.2) is 18.3 Å². The van der Waals surface area contributed by atoms with Crippen LogP contribution in [0.5, 0.6) is 5.75 Å². The molecule has 0 bridgehead atoms. The van der Waals surface area contributed by atoms with Gasteiger partial charge in [-0.15, -0.1) is 0 Å². The molecule has 118 valence electrons. The molecule has 0 amide bonds. The van der Waals surface area contributed by atoms with E-state index in [0.29, 0.717) is 34.4 Å². The first-order chi connectivity index (χ1) is 10.6. The second-order valence-corrected chi connectivity index (χ2v) is 5.48. The molecular weight excluding hydrogens is 328 g/mol. The van der Waals surface area contributed by atoms with Gasteiger partial charge in [0.15, 0.2) is 0 Å². The minimum absolute atomic E-state index is 0.0279. The third-order valence-corrected chi connectivity index (χ3v) is 3.65. The Morgan fingerprint density at radius 2 is 2.00 bits per heavy atom. The van der Waals surface area contributed by atoms with Gasteiger partial charge in [0.05, 0.1) is 11.6 Å². The molecule has 0 radical (unpaired) electrons. The Balaban J connectivity index is 2.12. The smallest absolute Gasteiger partial charge is 0.131 e. The summed E-state index contributed by atoms with van der Waals surface area (Å²) in [5, 5.41) is 12.8. The van der Waals surface area contributed by atoms with E-state index in [4.69, 9.17) is 33.0 Å². The van der Waals surface area contributed by atoms with Crippen molar-refractivity contribution in [2.24, 2.45) is 0 Å². The zero-order chi connectivity index (χ0) is 15.9. The number of benzene rings is 2. The molecule has 22 heavy (non-hydrogen) atoms. The first-order valence-electron chi connectivity index (χ1n) is 6.77. The third-order valence-electron chi connectivity index (χ3n) is 3.06. The summed E-state index contributed by atoms with van der Waals surface area (Å²) in [6, 6.07) is 9.71. The van der Waals surface area contributed by atoms with E-state index in [0.717, 1.165) is 5.56 Å². The van der Waals surface area contributed by atoms with E-state index < -0.39 is 5.82 Å². The van der Waals surface area contributed by atoms with Crippen molar-refractivity contribution in [1.29, 1.82) is 0 Å². The fourth-order valence-corrected chi connectivity index (χ4v) is 2.36. The molecule has 2 N–H and O–H groups in total. The fourth-order valence-electron chi connectivity index (χ4n) is 1.95. The first-order valence-corrected chi connectivity index (χ1v) is 7.53. The Morgan fingerprint density at radius 3 is 2.73 bits per heavy atom. The molecule has 0 aliphatic heterocycles. The number of halogens is 3. The molecule has 2 aromatic rings. The highest BCUT2D eigenvalue weighted by Gasteiger charge is 2.10. The molecular formula is C16H16Cl2FNO2. The molecule has 6 heteroatoms. The van der Waals surface area contributed by atoms with E-state index >= 15 is 0 Å². The Labute approximate surface area is 138 Å². The molecule has 0 unspecified atom stereocenters. The van der Waals surface area contributed by atoms with Crippen molar-refractivity contribution in [1.82, 2.24) is 5.32 Å². The van der Waals surface area contributed by atoms with Gasteiger partial charge >= 0.3 is 0 Å². The van der Waals surface area contributed by atoms with E-state index in [1.54, 1.807) is 30.3 Å². The maximum absolute atomic E-state index is 13.7. The van der Waals surface area contributed by atoms with Crippen LogP contribution < -0.4 is 10.1 Å². The van der Waals surface area contributed by atoms with Gasteiger partial charge in [-0.2, -0.15) is 0 Å². The Hall–Kier alpha value is -1.33. The summed E-state index contributed by atoms with van der Waals surface area (Å²) in [6.45, 7) is 1.02. The van der Waals surface area contributed by atoms with E-state index in [9.17, 15) is 4.39 Å². The molecule has 2 aromatic carbocycles. The summed E-state index contributed by atoms with van der Waals surface area (Å²) in [5.41, 5.74) is 1.14. The van der Waals surface area contributed by atoms with Crippen molar-refractivity contribution in [2.45, 2.75) is 13.2 Å². The molecule has 3 nitrogen and oxygen atoms in total. The Morgan fingerprint density at radius 1 is 1.18 bits per heavy atom. The van der Waals surface area contributed by atoms with Crippen molar-refractivity contribution in [3.63, 3.8) is 0 Å². The third kappa shape index (κ3) is 4.58. The van der Waals surface area contributed by atoms with Gasteiger partial charge in [-0.05, 0) is 30.3 Å². The zero-order valence-electron chi connectivity index (χ0n) is 11.8. The van der Waals surface area contributed by atoms with Crippen LogP contribution in [0.4, 0.5) is 4.39 Å². The summed E-state index contributed by atoms with van der Waals surface area (Å²) in [7, 11) is 0. The summed E-state index contributed by atoms with van der Waals surface area (Å²) in [4.78, 5) is 0. The molecule has 0 heterocycles. The van der Waals surface area contributed by atoms with Gasteiger partial charge in [0.2, 0.25) is 0 Å². The number of hydrogen-bond acceptors (Lipinski definition) is 3. The monoisotopic (exact) mass is 343 g/mol. The maximum Gasteiger partial charge on any atom is 0.131 e. The van der Waals surface area contributed by atoms with E-state index in [1.165, 1.54) is 6.07 Å². The summed E-state index contributed by atoms with van der Waals surface area (Å²) in [5.74, 6) is 0.190. The van der Waals surface area contributed by atoms with Gasteiger partial charge in [0.1, 0.15) is 18.2 Å². The molecule has 0 fully saturated rings. The largest absolute Gasteiger partial charge is 0.488 e. The van der Waals surface area contributed by atoms with Crippen molar-refractivity contribution >= 4 is 23.2 Å². The van der Waals surface area contributed by atoms with Crippen molar-refractivity contribution in [2.75, 3.05) is 13.2 Å². The van der Waals surface area contributed by atoms with Gasteiger partial charge in [-0.25, -0.2) is 4.39 Å². The SMILES string of the molecule is OCCNCc1cc(Cl)ccc1OCc1c(F)cccc1Cl. The van der Waals surface area contributed by atoms with Crippen LogP contribution in [0.1, 0.15) is 11.1 Å². The topological polar surface area (TPSA) is 41.5 Å². The lowest BCUT2D eigenvalue weighted by Crippen LogP contribution is -2.18. The van der Waals surface area contributed by atoms with Crippen LogP contribution in [0.2, 0.25) is 10.0 Å². The Kier molecular flexibility index (Phi) is 6.46. The number of ether oxygens (including phenoxy) is 1. The first kappa shape index (κ1) is 17.0. The second kappa shape index (κ2) is 8.34. The number of rotatable bonds is 7. The second-order valence-electron chi connectivity index (χ2n) is 4.64. The summed E-state index contributed by atoms with van der Waals surface area (Å²) < 4.78 is 19.4. The van der Waals surface area contributed by atoms with Crippen molar-refractivity contribution < 1.29 is 14.2 Å². The van der Waals surface area contributed by atoms with Gasteiger partial charge in [0, 0.05) is 29.2 Å². The highest BCUT2D eigenvalue weighted by atomic mass is 35.5. The fraction of sp³-hybridized carbons (Fsp3) is 0.250. The molecule has 0 saturated carbocycles. The quantitative estimate of drug-likeness (QED) is 0.751. The average Bonchev–Trinajstić information content (AvgIpc) is 2.49. The van der Waals surface area contributed by atoms with Crippen LogP contribution in [0, 0.1) is 5.82 Å². The van der Waals surface area contributed by atoms with E-state index in [2.05, 4.69) is 5.32 Å². The van der Waals surface area contributed by atoms with Crippen molar-refractivity contribution in [3.05, 3.63) is 63.4 Å². The zero-order valence-corrected chi connectivity index (χ0v) is 13.3.